The number of fused-ring (bicyclic) bond motifs is 1. The van der Waals surface area contributed by atoms with Crippen molar-refractivity contribution in [3.63, 3.8) is 0 Å². The van der Waals surface area contributed by atoms with E-state index in [1.807, 2.05) is 6.07 Å². The zero-order valence-electron chi connectivity index (χ0n) is 16.6. The Morgan fingerprint density at radius 1 is 1.07 bits per heavy atom. The smallest absolute Gasteiger partial charge is 0.263 e. The van der Waals surface area contributed by atoms with E-state index >= 15 is 0 Å². The number of rotatable bonds is 5. The summed E-state index contributed by atoms with van der Waals surface area (Å²) < 4.78 is 1.25. The van der Waals surface area contributed by atoms with Crippen molar-refractivity contribution in [2.75, 3.05) is 13.1 Å². The van der Waals surface area contributed by atoms with Gasteiger partial charge in [-0.3, -0.25) is 9.69 Å². The molecule has 1 saturated heterocycles. The first-order chi connectivity index (χ1) is 14.8. The lowest BCUT2D eigenvalue weighted by Crippen LogP contribution is -2.44. The van der Waals surface area contributed by atoms with Gasteiger partial charge in [-0.05, 0) is 24.5 Å². The van der Waals surface area contributed by atoms with Gasteiger partial charge < -0.3 is 5.32 Å². The Kier molecular flexibility index (Phi) is 5.62. The Morgan fingerprint density at radius 2 is 1.83 bits per heavy atom. The number of piperidine rings is 1. The van der Waals surface area contributed by atoms with Crippen molar-refractivity contribution in [1.82, 2.24) is 15.2 Å². The number of thiazole rings is 1. The molecule has 4 aromatic rings. The summed E-state index contributed by atoms with van der Waals surface area (Å²) in [5.41, 5.74) is 2.46. The SMILES string of the molecule is O=C(NC1CCN(Cc2ccccc2)CC1)c1cnc(-c2csc3ccccc23)s1. The number of likely N-dealkylation sites (tertiary alicyclic amines) is 1. The van der Waals surface area contributed by atoms with E-state index in [0.29, 0.717) is 4.88 Å². The van der Waals surface area contributed by atoms with Crippen LogP contribution in [0.5, 0.6) is 0 Å². The summed E-state index contributed by atoms with van der Waals surface area (Å²) >= 11 is 3.19. The molecule has 0 aliphatic carbocycles. The monoisotopic (exact) mass is 433 g/mol. The molecule has 2 aromatic heterocycles. The Labute approximate surface area is 184 Å². The Hall–Kier alpha value is -2.54. The first kappa shape index (κ1) is 19.4. The lowest BCUT2D eigenvalue weighted by Gasteiger charge is -2.32. The minimum atomic E-state index is -0.000190. The highest BCUT2D eigenvalue weighted by molar-refractivity contribution is 7.19. The number of benzene rings is 2. The van der Waals surface area contributed by atoms with Gasteiger partial charge in [0.2, 0.25) is 0 Å². The average molecular weight is 434 g/mol. The summed E-state index contributed by atoms with van der Waals surface area (Å²) in [6.07, 6.45) is 3.69. The Bertz CT molecular complexity index is 1140. The predicted molar refractivity (Wildman–Crippen MR) is 125 cm³/mol. The second-order valence-electron chi connectivity index (χ2n) is 7.68. The van der Waals surface area contributed by atoms with Crippen molar-refractivity contribution in [3.8, 4) is 10.6 Å². The number of thiophene rings is 1. The van der Waals surface area contributed by atoms with E-state index in [1.54, 1.807) is 17.5 Å². The van der Waals surface area contributed by atoms with Crippen LogP contribution < -0.4 is 5.32 Å². The molecule has 30 heavy (non-hydrogen) atoms. The molecule has 4 nitrogen and oxygen atoms in total. The number of aromatic nitrogens is 1. The van der Waals surface area contributed by atoms with Gasteiger partial charge in [-0.15, -0.1) is 22.7 Å². The maximum Gasteiger partial charge on any atom is 0.263 e. The second kappa shape index (κ2) is 8.68. The van der Waals surface area contributed by atoms with Crippen molar-refractivity contribution < 1.29 is 4.79 Å². The molecule has 0 unspecified atom stereocenters. The number of hydrogen-bond donors (Lipinski definition) is 1. The van der Waals surface area contributed by atoms with Gasteiger partial charge >= 0.3 is 0 Å². The first-order valence-electron chi connectivity index (χ1n) is 10.3. The van der Waals surface area contributed by atoms with Gasteiger partial charge in [0.25, 0.3) is 5.91 Å². The molecule has 0 spiro atoms. The Morgan fingerprint density at radius 3 is 2.67 bits per heavy atom. The predicted octanol–water partition coefficient (Wildman–Crippen LogP) is 5.42. The highest BCUT2D eigenvalue weighted by atomic mass is 32.1. The van der Waals surface area contributed by atoms with Gasteiger partial charge in [0.15, 0.2) is 0 Å². The minimum Gasteiger partial charge on any atom is -0.348 e. The van der Waals surface area contributed by atoms with Gasteiger partial charge in [-0.25, -0.2) is 4.98 Å². The van der Waals surface area contributed by atoms with Gasteiger partial charge in [0.1, 0.15) is 9.88 Å². The summed E-state index contributed by atoms with van der Waals surface area (Å²) in [4.78, 5) is 20.5. The molecule has 0 saturated carbocycles. The normalized spacial score (nSPS) is 15.5. The van der Waals surface area contributed by atoms with Crippen LogP contribution in [0.4, 0.5) is 0 Å². The third-order valence-electron chi connectivity index (χ3n) is 5.61. The van der Waals surface area contributed by atoms with Crippen LogP contribution in [0.15, 0.2) is 66.2 Å². The molecule has 152 valence electrons. The maximum absolute atomic E-state index is 12.8. The van der Waals surface area contributed by atoms with Crippen LogP contribution in [0.3, 0.4) is 0 Å². The van der Waals surface area contributed by atoms with E-state index in [4.69, 9.17) is 0 Å². The highest BCUT2D eigenvalue weighted by Crippen LogP contribution is 2.35. The lowest BCUT2D eigenvalue weighted by molar-refractivity contribution is 0.0913. The fourth-order valence-electron chi connectivity index (χ4n) is 3.98. The molecule has 2 aromatic carbocycles. The fraction of sp³-hybridized carbons (Fsp3) is 0.250. The molecule has 0 bridgehead atoms. The fourth-order valence-corrected chi connectivity index (χ4v) is 5.85. The largest absolute Gasteiger partial charge is 0.348 e. The third kappa shape index (κ3) is 4.17. The summed E-state index contributed by atoms with van der Waals surface area (Å²) in [7, 11) is 0. The molecule has 3 heterocycles. The zero-order chi connectivity index (χ0) is 20.3. The van der Waals surface area contributed by atoms with Crippen molar-refractivity contribution >= 4 is 38.7 Å². The summed E-state index contributed by atoms with van der Waals surface area (Å²) in [5, 5.41) is 7.47. The van der Waals surface area contributed by atoms with Crippen LogP contribution in [0.1, 0.15) is 28.1 Å². The molecule has 1 N–H and O–H groups in total. The second-order valence-corrected chi connectivity index (χ2v) is 9.63. The van der Waals surface area contributed by atoms with Crippen LogP contribution in [0, 0.1) is 0 Å². The molecule has 0 radical (unpaired) electrons. The van der Waals surface area contributed by atoms with Crippen LogP contribution in [0.25, 0.3) is 20.7 Å². The van der Waals surface area contributed by atoms with Gasteiger partial charge in [-0.1, -0.05) is 48.5 Å². The standard InChI is InChI=1S/C24H23N3OS2/c28-23(26-18-10-12-27(13-11-18)15-17-6-2-1-3-7-17)22-14-25-24(30-22)20-16-29-21-9-5-4-8-19(20)21/h1-9,14,16,18H,10-13,15H2,(H,26,28). The van der Waals surface area contributed by atoms with Crippen molar-refractivity contribution in [2.24, 2.45) is 0 Å². The third-order valence-corrected chi connectivity index (χ3v) is 7.61. The van der Waals surface area contributed by atoms with E-state index in [9.17, 15) is 4.79 Å². The number of hydrogen-bond acceptors (Lipinski definition) is 5. The number of carbonyl (C=O) groups excluding carboxylic acids is 1. The van der Waals surface area contributed by atoms with Crippen LogP contribution in [0.2, 0.25) is 0 Å². The van der Waals surface area contributed by atoms with Gasteiger partial charge in [-0.2, -0.15) is 0 Å². The highest BCUT2D eigenvalue weighted by Gasteiger charge is 2.22. The lowest BCUT2D eigenvalue weighted by atomic mass is 10.0. The zero-order valence-corrected chi connectivity index (χ0v) is 18.2. The van der Waals surface area contributed by atoms with Crippen molar-refractivity contribution in [3.05, 3.63) is 76.6 Å². The number of carbonyl (C=O) groups is 1. The topological polar surface area (TPSA) is 45.2 Å². The van der Waals surface area contributed by atoms with Crippen LogP contribution in [-0.2, 0) is 6.54 Å². The molecular formula is C24H23N3OS2. The first-order valence-corrected chi connectivity index (χ1v) is 12.0. The van der Waals surface area contributed by atoms with E-state index in [1.165, 1.54) is 27.0 Å². The Balaban J connectivity index is 1.19. The van der Waals surface area contributed by atoms with Gasteiger partial charge in [0, 0.05) is 46.7 Å². The van der Waals surface area contributed by atoms with Crippen molar-refractivity contribution in [2.45, 2.75) is 25.4 Å². The molecule has 0 atom stereocenters. The van der Waals surface area contributed by atoms with E-state index < -0.39 is 0 Å². The summed E-state index contributed by atoms with van der Waals surface area (Å²) in [6.45, 7) is 3.00. The quantitative estimate of drug-likeness (QED) is 0.457. The van der Waals surface area contributed by atoms with E-state index in [2.05, 4.69) is 69.1 Å². The van der Waals surface area contributed by atoms with Crippen molar-refractivity contribution in [1.29, 1.82) is 0 Å². The minimum absolute atomic E-state index is 0.000190. The molecule has 5 rings (SSSR count). The average Bonchev–Trinajstić information content (AvgIpc) is 3.43. The molecule has 6 heteroatoms. The van der Waals surface area contributed by atoms with Gasteiger partial charge in [0.05, 0.1) is 6.20 Å². The molecule has 1 aliphatic heterocycles. The molecule has 1 amide bonds. The summed E-state index contributed by atoms with van der Waals surface area (Å²) in [5.74, 6) is -0.000190. The maximum atomic E-state index is 12.8. The number of nitrogens with zero attached hydrogens (tertiary/aromatic N) is 2. The molecular weight excluding hydrogens is 410 g/mol. The van der Waals surface area contributed by atoms with E-state index in [-0.39, 0.29) is 11.9 Å². The molecule has 1 fully saturated rings. The molecule has 1 aliphatic rings. The van der Waals surface area contributed by atoms with E-state index in [0.717, 1.165) is 43.0 Å². The number of amides is 1. The van der Waals surface area contributed by atoms with Crippen LogP contribution >= 0.6 is 22.7 Å². The van der Waals surface area contributed by atoms with Crippen LogP contribution in [-0.4, -0.2) is 34.9 Å². The number of nitrogens with one attached hydrogen (secondary N) is 1. The summed E-state index contributed by atoms with van der Waals surface area (Å²) in [6, 6.07) is 19.1.